The molecule has 0 aromatic carbocycles. The van der Waals surface area contributed by atoms with Gasteiger partial charge in [0, 0.05) is 18.3 Å². The van der Waals surface area contributed by atoms with Crippen molar-refractivity contribution in [2.45, 2.75) is 72.4 Å². The van der Waals surface area contributed by atoms with E-state index in [0.717, 1.165) is 25.1 Å². The Morgan fingerprint density at radius 3 is 2.53 bits per heavy atom. The number of nitrogens with two attached hydrogens (primary N) is 1. The summed E-state index contributed by atoms with van der Waals surface area (Å²) < 4.78 is 2.16. The molecule has 1 aromatic heterocycles. The van der Waals surface area contributed by atoms with Crippen LogP contribution in [0.5, 0.6) is 0 Å². The summed E-state index contributed by atoms with van der Waals surface area (Å²) in [5.74, 6) is 0. The quantitative estimate of drug-likeness (QED) is 0.741. The monoisotopic (exact) mass is 237 g/mol. The highest BCUT2D eigenvalue weighted by molar-refractivity contribution is 5.25. The van der Waals surface area contributed by atoms with Crippen molar-refractivity contribution < 1.29 is 0 Å². The third kappa shape index (κ3) is 3.84. The van der Waals surface area contributed by atoms with Gasteiger partial charge < -0.3 is 5.73 Å². The first kappa shape index (κ1) is 14.2. The first-order valence-corrected chi connectivity index (χ1v) is 6.88. The highest BCUT2D eigenvalue weighted by Crippen LogP contribution is 2.16. The summed E-state index contributed by atoms with van der Waals surface area (Å²) in [6, 6.07) is 0.265. The molecule has 1 unspecified atom stereocenters. The third-order valence-electron chi connectivity index (χ3n) is 3.50. The molecule has 98 valence electrons. The smallest absolute Gasteiger partial charge is 0.0629 e. The number of hydrogen-bond donors (Lipinski definition) is 1. The maximum Gasteiger partial charge on any atom is 0.0629 e. The molecule has 0 aliphatic carbocycles. The van der Waals surface area contributed by atoms with Gasteiger partial charge in [0.15, 0.2) is 0 Å². The number of hydrogen-bond acceptors (Lipinski definition) is 2. The lowest BCUT2D eigenvalue weighted by molar-refractivity contribution is 0.538. The Balaban J connectivity index is 2.71. The van der Waals surface area contributed by atoms with Crippen LogP contribution in [0.4, 0.5) is 0 Å². The molecular weight excluding hydrogens is 210 g/mol. The molecule has 1 atom stereocenters. The van der Waals surface area contributed by atoms with Gasteiger partial charge in [0.25, 0.3) is 0 Å². The van der Waals surface area contributed by atoms with E-state index in [2.05, 4.69) is 37.5 Å². The zero-order valence-electron chi connectivity index (χ0n) is 11.8. The molecule has 0 amide bonds. The highest BCUT2D eigenvalue weighted by Gasteiger charge is 2.13. The van der Waals surface area contributed by atoms with Crippen molar-refractivity contribution in [3.8, 4) is 0 Å². The lowest BCUT2D eigenvalue weighted by Crippen LogP contribution is -2.22. The Morgan fingerprint density at radius 1 is 1.24 bits per heavy atom. The predicted octanol–water partition coefficient (Wildman–Crippen LogP) is 2.97. The molecule has 0 radical (unpaired) electrons. The Morgan fingerprint density at radius 2 is 1.94 bits per heavy atom. The van der Waals surface area contributed by atoms with Gasteiger partial charge in [0.1, 0.15) is 0 Å². The van der Waals surface area contributed by atoms with Gasteiger partial charge in [0.2, 0.25) is 0 Å². The first-order valence-electron chi connectivity index (χ1n) is 6.88. The van der Waals surface area contributed by atoms with Crippen LogP contribution in [0.3, 0.4) is 0 Å². The SMILES string of the molecule is CCCCCn1nc(C)c(CC(N)CC)c1C. The van der Waals surface area contributed by atoms with Gasteiger partial charge in [-0.2, -0.15) is 5.10 Å². The number of aryl methyl sites for hydroxylation is 2. The van der Waals surface area contributed by atoms with Crippen LogP contribution in [-0.4, -0.2) is 15.8 Å². The van der Waals surface area contributed by atoms with Crippen molar-refractivity contribution in [3.63, 3.8) is 0 Å². The van der Waals surface area contributed by atoms with Gasteiger partial charge in [-0.25, -0.2) is 0 Å². The summed E-state index contributed by atoms with van der Waals surface area (Å²) in [4.78, 5) is 0. The van der Waals surface area contributed by atoms with Gasteiger partial charge in [-0.1, -0.05) is 26.7 Å². The molecule has 0 bridgehead atoms. The molecule has 0 aliphatic rings. The van der Waals surface area contributed by atoms with Crippen LogP contribution in [0, 0.1) is 13.8 Å². The molecule has 0 spiro atoms. The summed E-state index contributed by atoms with van der Waals surface area (Å²) in [5, 5.41) is 4.63. The van der Waals surface area contributed by atoms with Gasteiger partial charge in [-0.3, -0.25) is 4.68 Å². The summed E-state index contributed by atoms with van der Waals surface area (Å²) in [6.45, 7) is 9.68. The normalized spacial score (nSPS) is 13.0. The Kier molecular flexibility index (Phi) is 5.69. The average molecular weight is 237 g/mol. The Labute approximate surface area is 105 Å². The minimum atomic E-state index is 0.265. The van der Waals surface area contributed by atoms with Crippen molar-refractivity contribution in [1.82, 2.24) is 9.78 Å². The van der Waals surface area contributed by atoms with Crippen LogP contribution in [0.2, 0.25) is 0 Å². The molecular formula is C14H27N3. The molecule has 3 heteroatoms. The van der Waals surface area contributed by atoms with Crippen molar-refractivity contribution >= 4 is 0 Å². The highest BCUT2D eigenvalue weighted by atomic mass is 15.3. The fraction of sp³-hybridized carbons (Fsp3) is 0.786. The second kappa shape index (κ2) is 6.80. The number of unbranched alkanes of at least 4 members (excludes halogenated alkanes) is 2. The summed E-state index contributed by atoms with van der Waals surface area (Å²) in [6.07, 6.45) is 5.74. The topological polar surface area (TPSA) is 43.8 Å². The molecule has 1 heterocycles. The van der Waals surface area contributed by atoms with E-state index in [4.69, 9.17) is 5.73 Å². The van der Waals surface area contributed by atoms with Crippen molar-refractivity contribution in [3.05, 3.63) is 17.0 Å². The molecule has 17 heavy (non-hydrogen) atoms. The van der Waals surface area contributed by atoms with E-state index in [1.165, 1.54) is 30.5 Å². The van der Waals surface area contributed by atoms with E-state index in [1.807, 2.05) is 0 Å². The van der Waals surface area contributed by atoms with Crippen LogP contribution in [0.1, 0.15) is 56.5 Å². The Bertz CT molecular complexity index is 341. The Hall–Kier alpha value is -0.830. The minimum absolute atomic E-state index is 0.265. The zero-order chi connectivity index (χ0) is 12.8. The summed E-state index contributed by atoms with van der Waals surface area (Å²) >= 11 is 0. The predicted molar refractivity (Wildman–Crippen MR) is 73.2 cm³/mol. The number of aromatic nitrogens is 2. The molecule has 0 aliphatic heterocycles. The average Bonchev–Trinajstić information content (AvgIpc) is 2.57. The largest absolute Gasteiger partial charge is 0.327 e. The fourth-order valence-electron chi connectivity index (χ4n) is 2.17. The molecule has 0 saturated heterocycles. The van der Waals surface area contributed by atoms with Crippen LogP contribution < -0.4 is 5.73 Å². The van der Waals surface area contributed by atoms with Crippen LogP contribution in [-0.2, 0) is 13.0 Å². The number of nitrogens with zero attached hydrogens (tertiary/aromatic N) is 2. The maximum absolute atomic E-state index is 6.04. The van der Waals surface area contributed by atoms with Gasteiger partial charge >= 0.3 is 0 Å². The molecule has 2 N–H and O–H groups in total. The molecule has 0 saturated carbocycles. The lowest BCUT2D eigenvalue weighted by Gasteiger charge is -2.09. The van der Waals surface area contributed by atoms with Gasteiger partial charge in [0.05, 0.1) is 5.69 Å². The van der Waals surface area contributed by atoms with E-state index >= 15 is 0 Å². The van der Waals surface area contributed by atoms with Crippen LogP contribution in [0.25, 0.3) is 0 Å². The fourth-order valence-corrected chi connectivity index (χ4v) is 2.17. The third-order valence-corrected chi connectivity index (χ3v) is 3.50. The molecule has 1 rings (SSSR count). The van der Waals surface area contributed by atoms with Crippen LogP contribution in [0.15, 0.2) is 0 Å². The van der Waals surface area contributed by atoms with E-state index < -0.39 is 0 Å². The number of rotatable bonds is 7. The van der Waals surface area contributed by atoms with Crippen molar-refractivity contribution in [2.75, 3.05) is 0 Å². The van der Waals surface area contributed by atoms with Gasteiger partial charge in [-0.05, 0) is 38.7 Å². The van der Waals surface area contributed by atoms with E-state index in [9.17, 15) is 0 Å². The van der Waals surface area contributed by atoms with E-state index in [1.54, 1.807) is 0 Å². The second-order valence-corrected chi connectivity index (χ2v) is 4.95. The summed E-state index contributed by atoms with van der Waals surface area (Å²) in [7, 11) is 0. The first-order chi connectivity index (χ1) is 8.10. The molecule has 3 nitrogen and oxygen atoms in total. The second-order valence-electron chi connectivity index (χ2n) is 4.95. The lowest BCUT2D eigenvalue weighted by atomic mass is 10.0. The van der Waals surface area contributed by atoms with Gasteiger partial charge in [-0.15, -0.1) is 0 Å². The minimum Gasteiger partial charge on any atom is -0.327 e. The summed E-state index contributed by atoms with van der Waals surface area (Å²) in [5.41, 5.74) is 9.86. The van der Waals surface area contributed by atoms with E-state index in [-0.39, 0.29) is 6.04 Å². The standard InChI is InChI=1S/C14H27N3/c1-5-7-8-9-17-12(4)14(11(3)16-17)10-13(15)6-2/h13H,5-10,15H2,1-4H3. The van der Waals surface area contributed by atoms with Crippen molar-refractivity contribution in [2.24, 2.45) is 5.73 Å². The van der Waals surface area contributed by atoms with Crippen LogP contribution >= 0.6 is 0 Å². The maximum atomic E-state index is 6.04. The zero-order valence-corrected chi connectivity index (χ0v) is 11.8. The molecule has 0 fully saturated rings. The van der Waals surface area contributed by atoms with Crippen molar-refractivity contribution in [1.29, 1.82) is 0 Å². The van der Waals surface area contributed by atoms with E-state index in [0.29, 0.717) is 0 Å². The molecule has 1 aromatic rings.